The van der Waals surface area contributed by atoms with Crippen LogP contribution in [0, 0.1) is 12.8 Å². The molecular formula is C31H44N4O3S. The molecule has 0 bridgehead atoms. The van der Waals surface area contributed by atoms with Gasteiger partial charge in [-0.1, -0.05) is 43.9 Å². The molecule has 1 amide bonds. The number of amides is 1. The first-order valence-corrected chi connectivity index (χ1v) is 16.1. The number of hydrogen-bond acceptors (Lipinski definition) is 3. The topological polar surface area (TPSA) is 79.5 Å². The number of para-hydroxylation sites is 1. The number of carbonyl (C=O) groups excluding carboxylic acids is 1. The average Bonchev–Trinajstić information content (AvgIpc) is 3.46. The van der Waals surface area contributed by atoms with Crippen molar-refractivity contribution in [3.05, 3.63) is 47.8 Å². The average molecular weight is 553 g/mol. The summed E-state index contributed by atoms with van der Waals surface area (Å²) in [5.41, 5.74) is 3.39. The summed E-state index contributed by atoms with van der Waals surface area (Å²) in [6.45, 7) is 7.99. The van der Waals surface area contributed by atoms with E-state index in [9.17, 15) is 14.1 Å². The van der Waals surface area contributed by atoms with E-state index >= 15 is 0 Å². The van der Waals surface area contributed by atoms with Crippen LogP contribution >= 0.6 is 0 Å². The molecule has 0 spiro atoms. The molecule has 1 saturated heterocycles. The molecule has 1 aromatic carbocycles. The predicted octanol–water partition coefficient (Wildman–Crippen LogP) is 5.38. The lowest BCUT2D eigenvalue weighted by Gasteiger charge is -2.30. The van der Waals surface area contributed by atoms with Gasteiger partial charge in [-0.2, -0.15) is 0 Å². The maximum Gasteiger partial charge on any atom is 0.253 e. The number of aliphatic hydroxyl groups is 1. The Bertz CT molecular complexity index is 1430. The van der Waals surface area contributed by atoms with Gasteiger partial charge in [-0.05, 0) is 70.4 Å². The highest BCUT2D eigenvalue weighted by Gasteiger charge is 2.27. The summed E-state index contributed by atoms with van der Waals surface area (Å²) in [4.78, 5) is 13.3. The zero-order valence-electron chi connectivity index (χ0n) is 23.7. The zero-order chi connectivity index (χ0) is 27.8. The lowest BCUT2D eigenvalue weighted by atomic mass is 9.89. The molecule has 2 fully saturated rings. The summed E-state index contributed by atoms with van der Waals surface area (Å²) in [7, 11) is -2.73. The standard InChI is InChI=1S/C31H44N4O3S/c1-23-26(30(36)32-22-31(2,3)37)19-29(34(23)20-24-13-7-5-8-14-24)27-21-35(28-16-10-9-15-25(27)28)39(4,38)33-17-11-6-12-18-33/h9-10,15-16,19,21,24,37H,4-8,11-14,17-18,20,22H2,1-3H3,(H,32,36). The normalized spacial score (nSPS) is 19.3. The SMILES string of the molecule is C=S(=O)(N1CCCCC1)n1cc(-c2cc(C(=O)NCC(C)(C)O)c(C)n2CC2CCCCC2)c2ccccc21. The summed E-state index contributed by atoms with van der Waals surface area (Å²) in [5, 5.41) is 14.1. The Hall–Kier alpha value is -2.55. The van der Waals surface area contributed by atoms with E-state index in [0.29, 0.717) is 11.5 Å². The van der Waals surface area contributed by atoms with Crippen LogP contribution in [0.2, 0.25) is 0 Å². The third kappa shape index (κ3) is 5.83. The fourth-order valence-corrected chi connectivity index (χ4v) is 8.03. The van der Waals surface area contributed by atoms with Crippen molar-refractivity contribution in [3.63, 3.8) is 0 Å². The van der Waals surface area contributed by atoms with Gasteiger partial charge in [0, 0.05) is 49.0 Å². The molecule has 1 saturated carbocycles. The molecule has 5 rings (SSSR count). The predicted molar refractivity (Wildman–Crippen MR) is 161 cm³/mol. The third-order valence-corrected chi connectivity index (χ3v) is 10.5. The summed E-state index contributed by atoms with van der Waals surface area (Å²) in [5.74, 6) is 4.64. The second-order valence-electron chi connectivity index (χ2n) is 12.1. The molecule has 7 nitrogen and oxygen atoms in total. The van der Waals surface area contributed by atoms with Crippen LogP contribution in [-0.4, -0.2) is 59.2 Å². The fourth-order valence-electron chi connectivity index (χ4n) is 6.22. The quantitative estimate of drug-likeness (QED) is 0.368. The first-order chi connectivity index (χ1) is 18.6. The monoisotopic (exact) mass is 552 g/mol. The van der Waals surface area contributed by atoms with Gasteiger partial charge in [-0.25, -0.2) is 8.51 Å². The lowest BCUT2D eigenvalue weighted by molar-refractivity contribution is 0.0694. The van der Waals surface area contributed by atoms with Crippen LogP contribution in [0.3, 0.4) is 0 Å². The zero-order valence-corrected chi connectivity index (χ0v) is 24.6. The number of nitrogens with zero attached hydrogens (tertiary/aromatic N) is 3. The van der Waals surface area contributed by atoms with Gasteiger partial charge >= 0.3 is 0 Å². The first kappa shape index (κ1) is 28.0. The minimum atomic E-state index is -2.73. The Kier molecular flexibility index (Phi) is 8.00. The Morgan fingerprint density at radius 1 is 1.10 bits per heavy atom. The number of benzene rings is 1. The van der Waals surface area contributed by atoms with Crippen LogP contribution in [0.15, 0.2) is 36.5 Å². The van der Waals surface area contributed by atoms with E-state index < -0.39 is 15.5 Å². The maximum absolute atomic E-state index is 14.2. The van der Waals surface area contributed by atoms with Crippen LogP contribution < -0.4 is 5.32 Å². The van der Waals surface area contributed by atoms with E-state index in [1.165, 1.54) is 32.1 Å². The van der Waals surface area contributed by atoms with Gasteiger partial charge in [0.2, 0.25) is 0 Å². The Labute approximate surface area is 233 Å². The molecule has 1 atom stereocenters. The molecule has 3 aromatic rings. The molecule has 8 heteroatoms. The van der Waals surface area contributed by atoms with Gasteiger partial charge in [-0.15, -0.1) is 0 Å². The Morgan fingerprint density at radius 2 is 1.77 bits per heavy atom. The number of rotatable bonds is 8. The van der Waals surface area contributed by atoms with Crippen molar-refractivity contribution in [1.29, 1.82) is 0 Å². The largest absolute Gasteiger partial charge is 0.389 e. The van der Waals surface area contributed by atoms with E-state index in [1.807, 2.05) is 45.7 Å². The van der Waals surface area contributed by atoms with Crippen molar-refractivity contribution < 1.29 is 14.1 Å². The number of fused-ring (bicyclic) bond motifs is 1. The van der Waals surface area contributed by atoms with Crippen LogP contribution in [0.25, 0.3) is 22.2 Å². The number of piperidine rings is 1. The molecule has 3 heterocycles. The molecule has 0 radical (unpaired) electrons. The molecule has 39 heavy (non-hydrogen) atoms. The van der Waals surface area contributed by atoms with Gasteiger partial charge in [0.25, 0.3) is 5.91 Å². The molecule has 1 aliphatic carbocycles. The Balaban J connectivity index is 1.62. The van der Waals surface area contributed by atoms with Crippen molar-refractivity contribution in [2.24, 2.45) is 5.92 Å². The van der Waals surface area contributed by atoms with Gasteiger partial charge in [-0.3, -0.25) is 8.77 Å². The van der Waals surface area contributed by atoms with Crippen LogP contribution in [0.5, 0.6) is 0 Å². The van der Waals surface area contributed by atoms with E-state index in [1.54, 1.807) is 13.8 Å². The highest BCUT2D eigenvalue weighted by molar-refractivity contribution is 7.96. The number of aromatic nitrogens is 2. The number of hydrogen-bond donors (Lipinski definition) is 2. The van der Waals surface area contributed by atoms with Crippen LogP contribution in [-0.2, 0) is 16.4 Å². The lowest BCUT2D eigenvalue weighted by Crippen LogP contribution is -2.38. The molecular weight excluding hydrogens is 508 g/mol. The minimum Gasteiger partial charge on any atom is -0.389 e. The van der Waals surface area contributed by atoms with Gasteiger partial charge in [0.1, 0.15) is 9.89 Å². The fraction of sp³-hybridized carbons (Fsp3) is 0.548. The minimum absolute atomic E-state index is 0.174. The molecule has 2 aromatic heterocycles. The molecule has 212 valence electrons. The maximum atomic E-state index is 14.2. The second kappa shape index (κ2) is 11.1. The summed E-state index contributed by atoms with van der Waals surface area (Å²) < 4.78 is 20.5. The summed E-state index contributed by atoms with van der Waals surface area (Å²) in [6.07, 6.45) is 11.4. The molecule has 2 N–H and O–H groups in total. The van der Waals surface area contributed by atoms with Gasteiger partial charge in [0.05, 0.1) is 22.4 Å². The van der Waals surface area contributed by atoms with Crippen molar-refractivity contribution in [2.45, 2.75) is 84.3 Å². The molecule has 1 aliphatic heterocycles. The van der Waals surface area contributed by atoms with Gasteiger partial charge in [0.15, 0.2) is 0 Å². The van der Waals surface area contributed by atoms with Crippen molar-refractivity contribution in [2.75, 3.05) is 19.6 Å². The summed E-state index contributed by atoms with van der Waals surface area (Å²) >= 11 is 0. The van der Waals surface area contributed by atoms with Crippen LogP contribution in [0.4, 0.5) is 0 Å². The smallest absolute Gasteiger partial charge is 0.253 e. The van der Waals surface area contributed by atoms with E-state index in [-0.39, 0.29) is 12.5 Å². The van der Waals surface area contributed by atoms with E-state index in [4.69, 9.17) is 0 Å². The van der Waals surface area contributed by atoms with E-state index in [2.05, 4.69) is 21.8 Å². The number of nitrogens with one attached hydrogen (secondary N) is 1. The summed E-state index contributed by atoms with van der Waals surface area (Å²) in [6, 6.07) is 10.1. The molecule has 1 unspecified atom stereocenters. The number of carbonyl (C=O) groups is 1. The van der Waals surface area contributed by atoms with Crippen LogP contribution in [0.1, 0.15) is 81.3 Å². The highest BCUT2D eigenvalue weighted by Crippen LogP contribution is 2.37. The highest BCUT2D eigenvalue weighted by atomic mass is 32.2. The first-order valence-electron chi connectivity index (χ1n) is 14.5. The molecule has 2 aliphatic rings. The van der Waals surface area contributed by atoms with Crippen molar-refractivity contribution in [1.82, 2.24) is 18.2 Å². The third-order valence-electron chi connectivity index (χ3n) is 8.44. The second-order valence-corrected chi connectivity index (χ2v) is 14.2. The Morgan fingerprint density at radius 3 is 2.46 bits per heavy atom. The van der Waals surface area contributed by atoms with Crippen molar-refractivity contribution in [3.8, 4) is 11.3 Å². The van der Waals surface area contributed by atoms with Crippen molar-refractivity contribution >= 4 is 32.6 Å². The van der Waals surface area contributed by atoms with Gasteiger partial charge < -0.3 is 15.0 Å². The van der Waals surface area contributed by atoms with E-state index in [0.717, 1.165) is 66.8 Å².